The van der Waals surface area contributed by atoms with E-state index < -0.39 is 24.0 Å². The molecule has 0 fully saturated rings. The Kier molecular flexibility index (Phi) is 6.74. The van der Waals surface area contributed by atoms with Crippen molar-refractivity contribution < 1.29 is 18.3 Å². The van der Waals surface area contributed by atoms with E-state index in [2.05, 4.69) is 5.32 Å². The topological polar surface area (TPSA) is 41.6 Å². The van der Waals surface area contributed by atoms with Crippen LogP contribution in [0.2, 0.25) is 0 Å². The first-order valence-corrected chi connectivity index (χ1v) is 7.03. The van der Waals surface area contributed by atoms with Crippen molar-refractivity contribution in [2.24, 2.45) is 0 Å². The van der Waals surface area contributed by atoms with E-state index in [1.807, 2.05) is 0 Å². The molecule has 1 aromatic rings. The minimum absolute atomic E-state index is 0.365. The standard InChI is InChI=1S/C13H18F2N2O2S/c1-16-4-5-20-9-6-10(14)13(11(15)7-9)19-8-12(18)17(2)3/h6-7,16H,4-5,8H2,1-3H3. The SMILES string of the molecule is CNCCSc1cc(F)c(OCC(=O)N(C)C)c(F)c1. The van der Waals surface area contributed by atoms with Crippen LogP contribution < -0.4 is 10.1 Å². The van der Waals surface area contributed by atoms with Crippen molar-refractivity contribution in [3.63, 3.8) is 0 Å². The first-order valence-electron chi connectivity index (χ1n) is 6.05. The molecule has 4 nitrogen and oxygen atoms in total. The van der Waals surface area contributed by atoms with Crippen LogP contribution in [0.4, 0.5) is 8.78 Å². The zero-order valence-corrected chi connectivity index (χ0v) is 12.5. The van der Waals surface area contributed by atoms with Gasteiger partial charge in [-0.25, -0.2) is 8.78 Å². The van der Waals surface area contributed by atoms with E-state index in [1.165, 1.54) is 28.8 Å². The van der Waals surface area contributed by atoms with Crippen molar-refractivity contribution >= 4 is 17.7 Å². The molecule has 0 aliphatic carbocycles. The number of hydrogen-bond donors (Lipinski definition) is 1. The Balaban J connectivity index is 2.71. The third kappa shape index (κ3) is 4.97. The molecule has 0 unspecified atom stereocenters. The van der Waals surface area contributed by atoms with E-state index in [0.717, 1.165) is 6.54 Å². The number of nitrogens with one attached hydrogen (secondary N) is 1. The molecule has 1 aromatic carbocycles. The number of likely N-dealkylation sites (N-methyl/N-ethyl adjacent to an activating group) is 1. The molecule has 0 atom stereocenters. The van der Waals surface area contributed by atoms with E-state index in [9.17, 15) is 13.6 Å². The van der Waals surface area contributed by atoms with Crippen LogP contribution in [0.25, 0.3) is 0 Å². The Morgan fingerprint density at radius 1 is 1.35 bits per heavy atom. The number of rotatable bonds is 7. The average molecular weight is 304 g/mol. The van der Waals surface area contributed by atoms with Gasteiger partial charge in [-0.05, 0) is 19.2 Å². The first kappa shape index (κ1) is 16.7. The van der Waals surface area contributed by atoms with Crippen LogP contribution in [0.15, 0.2) is 17.0 Å². The highest BCUT2D eigenvalue weighted by Gasteiger charge is 2.15. The van der Waals surface area contributed by atoms with Gasteiger partial charge in [0.15, 0.2) is 24.0 Å². The van der Waals surface area contributed by atoms with Crippen molar-refractivity contribution in [1.29, 1.82) is 0 Å². The Bertz CT molecular complexity index is 447. The largest absolute Gasteiger partial charge is 0.478 e. The monoisotopic (exact) mass is 304 g/mol. The van der Waals surface area contributed by atoms with Crippen molar-refractivity contribution in [3.8, 4) is 5.75 Å². The maximum atomic E-state index is 13.8. The quantitative estimate of drug-likeness (QED) is 0.615. The molecule has 0 radical (unpaired) electrons. The summed E-state index contributed by atoms with van der Waals surface area (Å²) in [5, 5.41) is 2.95. The van der Waals surface area contributed by atoms with Gasteiger partial charge in [-0.1, -0.05) is 0 Å². The molecule has 0 spiro atoms. The first-order chi connectivity index (χ1) is 9.45. The lowest BCUT2D eigenvalue weighted by Gasteiger charge is -2.13. The van der Waals surface area contributed by atoms with Crippen LogP contribution in [-0.4, -0.2) is 50.9 Å². The lowest BCUT2D eigenvalue weighted by atomic mass is 10.3. The van der Waals surface area contributed by atoms with Crippen molar-refractivity contribution in [1.82, 2.24) is 10.2 Å². The summed E-state index contributed by atoms with van der Waals surface area (Å²) in [6, 6.07) is 2.41. The minimum atomic E-state index is -0.802. The lowest BCUT2D eigenvalue weighted by Crippen LogP contribution is -2.27. The van der Waals surface area contributed by atoms with Crippen LogP contribution in [-0.2, 0) is 4.79 Å². The second-order valence-corrected chi connectivity index (χ2v) is 5.41. The molecule has 1 rings (SSSR count). The van der Waals surface area contributed by atoms with Crippen molar-refractivity contribution in [2.45, 2.75) is 4.90 Å². The van der Waals surface area contributed by atoms with E-state index in [1.54, 1.807) is 21.1 Å². The van der Waals surface area contributed by atoms with Gasteiger partial charge < -0.3 is 15.0 Å². The molecule has 1 N–H and O–H groups in total. The van der Waals surface area contributed by atoms with Gasteiger partial charge >= 0.3 is 0 Å². The molecule has 0 aliphatic rings. The summed E-state index contributed by atoms with van der Waals surface area (Å²) in [6.45, 7) is 0.344. The maximum absolute atomic E-state index is 13.8. The summed E-state index contributed by atoms with van der Waals surface area (Å²) < 4.78 is 32.4. The van der Waals surface area contributed by atoms with E-state index in [4.69, 9.17) is 4.74 Å². The molecule has 20 heavy (non-hydrogen) atoms. The summed E-state index contributed by atoms with van der Waals surface area (Å²) in [5.74, 6) is -1.78. The molecule has 0 aliphatic heterocycles. The molecule has 1 amide bonds. The molecule has 0 heterocycles. The third-order valence-corrected chi connectivity index (χ3v) is 3.41. The number of benzene rings is 1. The van der Waals surface area contributed by atoms with Crippen LogP contribution in [0.5, 0.6) is 5.75 Å². The molecule has 0 saturated carbocycles. The summed E-state index contributed by atoms with van der Waals surface area (Å²) in [6.07, 6.45) is 0. The Morgan fingerprint density at radius 2 is 1.95 bits per heavy atom. The smallest absolute Gasteiger partial charge is 0.259 e. The second-order valence-electron chi connectivity index (χ2n) is 4.24. The fourth-order valence-corrected chi connectivity index (χ4v) is 2.21. The number of ether oxygens (including phenoxy) is 1. The van der Waals surface area contributed by atoms with Gasteiger partial charge in [0.1, 0.15) is 0 Å². The van der Waals surface area contributed by atoms with Crippen LogP contribution in [0, 0.1) is 11.6 Å². The summed E-state index contributed by atoms with van der Waals surface area (Å²) in [7, 11) is 4.89. The molecule has 0 bridgehead atoms. The number of carbonyl (C=O) groups is 1. The van der Waals surface area contributed by atoms with E-state index >= 15 is 0 Å². The highest BCUT2D eigenvalue weighted by Crippen LogP contribution is 2.28. The molecular weight excluding hydrogens is 286 g/mol. The molecular formula is C13H18F2N2O2S. The predicted molar refractivity (Wildman–Crippen MR) is 75.2 cm³/mol. The van der Waals surface area contributed by atoms with E-state index in [-0.39, 0.29) is 5.91 Å². The zero-order valence-electron chi connectivity index (χ0n) is 11.7. The van der Waals surface area contributed by atoms with Crippen molar-refractivity contribution in [3.05, 3.63) is 23.8 Å². The predicted octanol–water partition coefficient (Wildman–Crippen LogP) is 1.74. The normalized spacial score (nSPS) is 10.4. The number of thioether (sulfide) groups is 1. The Morgan fingerprint density at radius 3 is 2.45 bits per heavy atom. The summed E-state index contributed by atoms with van der Waals surface area (Å²) in [4.78, 5) is 13.1. The third-order valence-electron chi connectivity index (χ3n) is 2.43. The van der Waals surface area contributed by atoms with Gasteiger partial charge in [-0.2, -0.15) is 0 Å². The number of halogens is 2. The van der Waals surface area contributed by atoms with Gasteiger partial charge in [0.25, 0.3) is 5.91 Å². The Hall–Kier alpha value is -1.34. The maximum Gasteiger partial charge on any atom is 0.259 e. The van der Waals surface area contributed by atoms with Gasteiger partial charge in [-0.3, -0.25) is 4.79 Å². The number of hydrogen-bond acceptors (Lipinski definition) is 4. The molecule has 7 heteroatoms. The lowest BCUT2D eigenvalue weighted by molar-refractivity contribution is -0.130. The van der Waals surface area contributed by atoms with Crippen molar-refractivity contribution in [2.75, 3.05) is 40.0 Å². The fraction of sp³-hybridized carbons (Fsp3) is 0.462. The summed E-state index contributed by atoms with van der Waals surface area (Å²) >= 11 is 1.34. The van der Waals surface area contributed by atoms with E-state index in [0.29, 0.717) is 10.6 Å². The van der Waals surface area contributed by atoms with Crippen LogP contribution in [0.1, 0.15) is 0 Å². The highest BCUT2D eigenvalue weighted by atomic mass is 32.2. The average Bonchev–Trinajstić information content (AvgIpc) is 2.37. The number of amides is 1. The molecule has 0 aromatic heterocycles. The van der Waals surface area contributed by atoms with Gasteiger partial charge in [0, 0.05) is 31.3 Å². The van der Waals surface area contributed by atoms with Crippen LogP contribution in [0.3, 0.4) is 0 Å². The van der Waals surface area contributed by atoms with Gasteiger partial charge in [0.2, 0.25) is 0 Å². The van der Waals surface area contributed by atoms with Gasteiger partial charge in [-0.15, -0.1) is 11.8 Å². The van der Waals surface area contributed by atoms with Crippen LogP contribution >= 0.6 is 11.8 Å². The number of nitrogens with zero attached hydrogens (tertiary/aromatic N) is 1. The molecule has 0 saturated heterocycles. The van der Waals surface area contributed by atoms with Gasteiger partial charge in [0.05, 0.1) is 0 Å². The second kappa shape index (κ2) is 8.06. The highest BCUT2D eigenvalue weighted by molar-refractivity contribution is 7.99. The summed E-state index contributed by atoms with van der Waals surface area (Å²) in [5.41, 5.74) is 0. The zero-order chi connectivity index (χ0) is 15.1. The Labute approximate surface area is 121 Å². The minimum Gasteiger partial charge on any atom is -0.478 e. The fourth-order valence-electron chi connectivity index (χ4n) is 1.29. The number of carbonyl (C=O) groups excluding carboxylic acids is 1. The molecule has 112 valence electrons.